The van der Waals surface area contributed by atoms with E-state index >= 15 is 0 Å². The zero-order valence-corrected chi connectivity index (χ0v) is 9.30. The first-order valence-electron chi connectivity index (χ1n) is 5.63. The number of hydrazine groups is 1. The summed E-state index contributed by atoms with van der Waals surface area (Å²) >= 11 is 0. The maximum Gasteiger partial charge on any atom is 0.416 e. The number of benzene rings is 1. The van der Waals surface area contributed by atoms with E-state index in [1.165, 1.54) is 12.1 Å². The van der Waals surface area contributed by atoms with Crippen molar-refractivity contribution in [3.05, 3.63) is 35.4 Å². The van der Waals surface area contributed by atoms with Crippen molar-refractivity contribution in [2.24, 2.45) is 11.8 Å². The van der Waals surface area contributed by atoms with E-state index in [2.05, 4.69) is 5.43 Å². The number of halogens is 3. The smallest absolute Gasteiger partial charge is 0.271 e. The van der Waals surface area contributed by atoms with Crippen LogP contribution in [0.3, 0.4) is 0 Å². The van der Waals surface area contributed by atoms with Gasteiger partial charge in [0.25, 0.3) is 0 Å². The van der Waals surface area contributed by atoms with Crippen LogP contribution >= 0.6 is 0 Å². The summed E-state index contributed by atoms with van der Waals surface area (Å²) < 4.78 is 37.6. The number of hydrogen-bond acceptors (Lipinski definition) is 2. The first kappa shape index (κ1) is 12.4. The van der Waals surface area contributed by atoms with Gasteiger partial charge in [0.15, 0.2) is 0 Å². The predicted octanol–water partition coefficient (Wildman–Crippen LogP) is 2.49. The Kier molecular flexibility index (Phi) is 3.40. The Morgan fingerprint density at radius 3 is 2.59 bits per heavy atom. The molecule has 1 aliphatic carbocycles. The molecule has 0 aliphatic heterocycles. The summed E-state index contributed by atoms with van der Waals surface area (Å²) in [4.78, 5) is 0. The van der Waals surface area contributed by atoms with Crippen LogP contribution < -0.4 is 11.3 Å². The average Bonchev–Trinajstić information content (AvgIpc) is 3.09. The summed E-state index contributed by atoms with van der Waals surface area (Å²) in [6, 6.07) is 5.53. The van der Waals surface area contributed by atoms with Crippen molar-refractivity contribution in [2.45, 2.75) is 31.5 Å². The number of nitrogens with two attached hydrogens (primary N) is 1. The molecule has 1 saturated carbocycles. The molecule has 0 aromatic heterocycles. The third kappa shape index (κ3) is 3.20. The van der Waals surface area contributed by atoms with Crippen molar-refractivity contribution in [1.29, 1.82) is 0 Å². The van der Waals surface area contributed by atoms with E-state index < -0.39 is 11.7 Å². The molecule has 0 saturated heterocycles. The molecule has 17 heavy (non-hydrogen) atoms. The zero-order valence-electron chi connectivity index (χ0n) is 9.30. The van der Waals surface area contributed by atoms with Crippen LogP contribution in [0, 0.1) is 5.92 Å². The van der Waals surface area contributed by atoms with Crippen LogP contribution in [0.2, 0.25) is 0 Å². The van der Waals surface area contributed by atoms with E-state index in [1.54, 1.807) is 6.07 Å². The van der Waals surface area contributed by atoms with Crippen molar-refractivity contribution in [2.75, 3.05) is 0 Å². The van der Waals surface area contributed by atoms with Gasteiger partial charge in [0, 0.05) is 6.04 Å². The lowest BCUT2D eigenvalue weighted by atomic mass is 10.0. The van der Waals surface area contributed by atoms with Crippen molar-refractivity contribution in [1.82, 2.24) is 5.43 Å². The largest absolute Gasteiger partial charge is 0.416 e. The van der Waals surface area contributed by atoms with Crippen molar-refractivity contribution in [3.63, 3.8) is 0 Å². The fourth-order valence-corrected chi connectivity index (χ4v) is 1.99. The molecule has 1 aliphatic rings. The summed E-state index contributed by atoms with van der Waals surface area (Å²) in [5.41, 5.74) is 2.77. The molecule has 5 heteroatoms. The van der Waals surface area contributed by atoms with Crippen LogP contribution in [0.1, 0.15) is 24.0 Å². The minimum atomic E-state index is -4.28. The van der Waals surface area contributed by atoms with E-state index in [0.717, 1.165) is 18.9 Å². The lowest BCUT2D eigenvalue weighted by Gasteiger charge is -2.16. The quantitative estimate of drug-likeness (QED) is 0.631. The summed E-state index contributed by atoms with van der Waals surface area (Å²) in [5, 5.41) is 0. The molecule has 0 spiro atoms. The molecule has 1 atom stereocenters. The number of nitrogens with one attached hydrogen (secondary N) is 1. The van der Waals surface area contributed by atoms with Gasteiger partial charge in [0.05, 0.1) is 5.56 Å². The van der Waals surface area contributed by atoms with Crippen LogP contribution in [0.4, 0.5) is 13.2 Å². The minimum Gasteiger partial charge on any atom is -0.271 e. The van der Waals surface area contributed by atoms with Gasteiger partial charge in [-0.3, -0.25) is 11.3 Å². The number of alkyl halides is 3. The van der Waals surface area contributed by atoms with Crippen LogP contribution in [-0.4, -0.2) is 6.04 Å². The Hall–Kier alpha value is -1.07. The van der Waals surface area contributed by atoms with Gasteiger partial charge < -0.3 is 0 Å². The highest BCUT2D eigenvalue weighted by atomic mass is 19.4. The van der Waals surface area contributed by atoms with Gasteiger partial charge in [-0.15, -0.1) is 0 Å². The molecular formula is C12H15F3N2. The Bertz CT molecular complexity index is 386. The van der Waals surface area contributed by atoms with Crippen LogP contribution in [-0.2, 0) is 12.6 Å². The molecule has 1 fully saturated rings. The normalized spacial score (nSPS) is 18.1. The fourth-order valence-electron chi connectivity index (χ4n) is 1.99. The van der Waals surface area contributed by atoms with Crippen molar-refractivity contribution < 1.29 is 13.2 Å². The molecule has 2 rings (SSSR count). The van der Waals surface area contributed by atoms with E-state index in [9.17, 15) is 13.2 Å². The van der Waals surface area contributed by atoms with Crippen LogP contribution in [0.5, 0.6) is 0 Å². The monoisotopic (exact) mass is 244 g/mol. The minimum absolute atomic E-state index is 0.0819. The highest BCUT2D eigenvalue weighted by molar-refractivity contribution is 5.26. The van der Waals surface area contributed by atoms with Gasteiger partial charge in [-0.2, -0.15) is 13.2 Å². The van der Waals surface area contributed by atoms with Gasteiger partial charge in [-0.25, -0.2) is 0 Å². The van der Waals surface area contributed by atoms with E-state index in [0.29, 0.717) is 17.9 Å². The maximum absolute atomic E-state index is 12.5. The number of hydrogen-bond donors (Lipinski definition) is 2. The summed E-state index contributed by atoms with van der Waals surface area (Å²) in [6.45, 7) is 0. The van der Waals surface area contributed by atoms with Crippen LogP contribution in [0.25, 0.3) is 0 Å². The molecule has 94 valence electrons. The Labute approximate surface area is 98.0 Å². The summed E-state index contributed by atoms with van der Waals surface area (Å²) in [7, 11) is 0. The molecule has 0 amide bonds. The zero-order chi connectivity index (χ0) is 12.5. The first-order valence-corrected chi connectivity index (χ1v) is 5.63. The van der Waals surface area contributed by atoms with E-state index in [1.807, 2.05) is 0 Å². The summed E-state index contributed by atoms with van der Waals surface area (Å²) in [6.07, 6.45) is -1.52. The van der Waals surface area contributed by atoms with Gasteiger partial charge in [-0.1, -0.05) is 18.2 Å². The number of rotatable bonds is 4. The topological polar surface area (TPSA) is 38.0 Å². The van der Waals surface area contributed by atoms with Crippen LogP contribution in [0.15, 0.2) is 24.3 Å². The molecule has 2 nitrogen and oxygen atoms in total. The second kappa shape index (κ2) is 4.66. The average molecular weight is 244 g/mol. The molecule has 3 N–H and O–H groups in total. The molecule has 0 radical (unpaired) electrons. The molecule has 1 aromatic rings. The highest BCUT2D eigenvalue weighted by Crippen LogP contribution is 2.34. The predicted molar refractivity (Wildman–Crippen MR) is 59.0 cm³/mol. The Morgan fingerprint density at radius 1 is 1.35 bits per heavy atom. The maximum atomic E-state index is 12.5. The highest BCUT2D eigenvalue weighted by Gasteiger charge is 2.32. The third-order valence-electron chi connectivity index (χ3n) is 3.12. The van der Waals surface area contributed by atoms with Gasteiger partial charge >= 0.3 is 6.18 Å². The Balaban J connectivity index is 2.10. The molecule has 1 aromatic carbocycles. The standard InChI is InChI=1S/C12H15F3N2/c13-12(14,15)10-3-1-2-8(6-10)7-11(17-16)9-4-5-9/h1-3,6,9,11,17H,4-5,7,16H2. The SMILES string of the molecule is NNC(Cc1cccc(C(F)(F)F)c1)C1CC1. The van der Waals surface area contributed by atoms with Crippen molar-refractivity contribution >= 4 is 0 Å². The van der Waals surface area contributed by atoms with E-state index in [-0.39, 0.29) is 6.04 Å². The second-order valence-electron chi connectivity index (χ2n) is 4.51. The fraction of sp³-hybridized carbons (Fsp3) is 0.500. The second-order valence-corrected chi connectivity index (χ2v) is 4.51. The molecular weight excluding hydrogens is 229 g/mol. The van der Waals surface area contributed by atoms with Gasteiger partial charge in [-0.05, 0) is 36.8 Å². The third-order valence-corrected chi connectivity index (χ3v) is 3.12. The van der Waals surface area contributed by atoms with Gasteiger partial charge in [0.1, 0.15) is 0 Å². The summed E-state index contributed by atoms with van der Waals surface area (Å²) in [5.74, 6) is 5.92. The molecule has 1 unspecified atom stereocenters. The Morgan fingerprint density at radius 2 is 2.06 bits per heavy atom. The van der Waals surface area contributed by atoms with E-state index in [4.69, 9.17) is 5.84 Å². The first-order chi connectivity index (χ1) is 8.00. The van der Waals surface area contributed by atoms with Crippen molar-refractivity contribution in [3.8, 4) is 0 Å². The molecule has 0 heterocycles. The lowest BCUT2D eigenvalue weighted by molar-refractivity contribution is -0.137. The lowest BCUT2D eigenvalue weighted by Crippen LogP contribution is -2.38. The molecule has 0 bridgehead atoms. The van der Waals surface area contributed by atoms with Gasteiger partial charge in [0.2, 0.25) is 0 Å².